The number of hydrogen-bond acceptors (Lipinski definition) is 6. The van der Waals surface area contributed by atoms with Gasteiger partial charge in [-0.25, -0.2) is 0 Å². The van der Waals surface area contributed by atoms with Crippen LogP contribution in [-0.4, -0.2) is 59.0 Å². The average Bonchev–Trinajstić information content (AvgIpc) is 2.51. The lowest BCUT2D eigenvalue weighted by Crippen LogP contribution is -2.35. The highest BCUT2D eigenvalue weighted by Gasteiger charge is 2.15. The van der Waals surface area contributed by atoms with Crippen molar-refractivity contribution in [1.82, 2.24) is 4.90 Å². The van der Waals surface area contributed by atoms with Crippen LogP contribution in [0.25, 0.3) is 0 Å². The average molecular weight is 345 g/mol. The Kier molecular flexibility index (Phi) is 8.01. The summed E-state index contributed by atoms with van der Waals surface area (Å²) in [6.45, 7) is 2.61. The molecule has 1 aromatic rings. The molecule has 7 nitrogen and oxygen atoms in total. The molecule has 0 aliphatic heterocycles. The van der Waals surface area contributed by atoms with Crippen LogP contribution < -0.4 is 4.18 Å². The smallest absolute Gasteiger partial charge is 0.308 e. The molecule has 0 aromatic heterocycles. The molecule has 23 heavy (non-hydrogen) atoms. The van der Waals surface area contributed by atoms with Gasteiger partial charge in [-0.3, -0.25) is 4.79 Å². The van der Waals surface area contributed by atoms with E-state index in [1.54, 1.807) is 36.3 Å². The first kappa shape index (κ1) is 19.4. The number of carbonyl (C=O) groups excluding carboxylic acids is 1. The maximum atomic E-state index is 12.0. The number of benzene rings is 1. The predicted octanol–water partition coefficient (Wildman–Crippen LogP) is 1.04. The van der Waals surface area contributed by atoms with E-state index in [4.69, 9.17) is 13.7 Å². The molecular weight excluding hydrogens is 322 g/mol. The number of ether oxygens (including phenoxy) is 2. The van der Waals surface area contributed by atoms with Crippen molar-refractivity contribution < 1.29 is 26.9 Å². The first-order chi connectivity index (χ1) is 10.9. The fraction of sp³-hybridized carbons (Fsp3) is 0.533. The van der Waals surface area contributed by atoms with E-state index in [0.717, 1.165) is 5.56 Å². The van der Waals surface area contributed by atoms with Crippen LogP contribution in [0.15, 0.2) is 24.3 Å². The molecular formula is C15H23NO6S. The van der Waals surface area contributed by atoms with E-state index in [-0.39, 0.29) is 24.0 Å². The number of rotatable bonds is 10. The summed E-state index contributed by atoms with van der Waals surface area (Å²) in [7, 11) is -0.564. The van der Waals surface area contributed by atoms with E-state index in [0.29, 0.717) is 19.7 Å². The zero-order valence-electron chi connectivity index (χ0n) is 13.6. The van der Waals surface area contributed by atoms with Crippen LogP contribution in [0.1, 0.15) is 12.5 Å². The van der Waals surface area contributed by atoms with Crippen LogP contribution in [0.3, 0.4) is 0 Å². The van der Waals surface area contributed by atoms with Crippen LogP contribution in [0, 0.1) is 0 Å². The minimum atomic E-state index is -3.58. The molecule has 0 spiro atoms. The lowest BCUT2D eigenvalue weighted by molar-refractivity contribution is -0.136. The summed E-state index contributed by atoms with van der Waals surface area (Å²) in [6.07, 6.45) is 0. The SMILES string of the molecule is CCS(=O)(=O)Oc1cccc(CN(CCOC)C(=O)COC)c1. The van der Waals surface area contributed by atoms with Crippen molar-refractivity contribution in [2.75, 3.05) is 39.7 Å². The minimum absolute atomic E-state index is 0.0237. The molecule has 0 N–H and O–H groups in total. The van der Waals surface area contributed by atoms with Gasteiger partial charge in [0.2, 0.25) is 5.91 Å². The third-order valence-electron chi connectivity index (χ3n) is 3.03. The van der Waals surface area contributed by atoms with Gasteiger partial charge in [-0.05, 0) is 24.6 Å². The van der Waals surface area contributed by atoms with Gasteiger partial charge < -0.3 is 18.6 Å². The van der Waals surface area contributed by atoms with Gasteiger partial charge in [0, 0.05) is 27.3 Å². The topological polar surface area (TPSA) is 82.1 Å². The summed E-state index contributed by atoms with van der Waals surface area (Å²) in [5.74, 6) is -0.0453. The zero-order chi connectivity index (χ0) is 17.3. The number of carbonyl (C=O) groups is 1. The van der Waals surface area contributed by atoms with Crippen molar-refractivity contribution in [2.24, 2.45) is 0 Å². The second-order valence-electron chi connectivity index (χ2n) is 4.82. The fourth-order valence-electron chi connectivity index (χ4n) is 1.83. The van der Waals surface area contributed by atoms with Gasteiger partial charge in [-0.15, -0.1) is 0 Å². The first-order valence-corrected chi connectivity index (χ1v) is 8.76. The Labute approximate surface area is 137 Å². The van der Waals surface area contributed by atoms with E-state index in [1.165, 1.54) is 14.0 Å². The molecule has 0 saturated heterocycles. The number of hydrogen-bond donors (Lipinski definition) is 0. The van der Waals surface area contributed by atoms with E-state index in [9.17, 15) is 13.2 Å². The van der Waals surface area contributed by atoms with E-state index < -0.39 is 10.1 Å². The quantitative estimate of drug-likeness (QED) is 0.589. The van der Waals surface area contributed by atoms with Gasteiger partial charge in [0.05, 0.1) is 12.4 Å². The molecule has 0 aliphatic rings. The summed E-state index contributed by atoms with van der Waals surface area (Å²) in [6, 6.07) is 6.65. The number of amides is 1. The van der Waals surface area contributed by atoms with Crippen LogP contribution in [0.5, 0.6) is 5.75 Å². The summed E-state index contributed by atoms with van der Waals surface area (Å²) in [5.41, 5.74) is 0.759. The van der Waals surface area contributed by atoms with E-state index in [1.807, 2.05) is 0 Å². The molecule has 0 unspecified atom stereocenters. The molecule has 0 atom stereocenters. The van der Waals surface area contributed by atoms with E-state index >= 15 is 0 Å². The Morgan fingerprint density at radius 2 is 1.96 bits per heavy atom. The first-order valence-electron chi connectivity index (χ1n) is 7.18. The maximum absolute atomic E-state index is 12.0. The summed E-state index contributed by atoms with van der Waals surface area (Å²) in [5, 5.41) is 0. The summed E-state index contributed by atoms with van der Waals surface area (Å²) in [4.78, 5) is 13.6. The van der Waals surface area contributed by atoms with Gasteiger partial charge in [0.25, 0.3) is 0 Å². The Balaban J connectivity index is 2.85. The Morgan fingerprint density at radius 3 is 2.57 bits per heavy atom. The van der Waals surface area contributed by atoms with Crippen LogP contribution in [0.2, 0.25) is 0 Å². The second kappa shape index (κ2) is 9.49. The molecule has 0 aliphatic carbocycles. The van der Waals surface area contributed by atoms with Crippen molar-refractivity contribution in [1.29, 1.82) is 0 Å². The summed E-state index contributed by atoms with van der Waals surface area (Å²) < 4.78 is 37.9. The Morgan fingerprint density at radius 1 is 1.22 bits per heavy atom. The predicted molar refractivity (Wildman–Crippen MR) is 85.7 cm³/mol. The third-order valence-corrected chi connectivity index (χ3v) is 4.19. The number of nitrogens with zero attached hydrogens (tertiary/aromatic N) is 1. The summed E-state index contributed by atoms with van der Waals surface area (Å²) >= 11 is 0. The zero-order valence-corrected chi connectivity index (χ0v) is 14.5. The molecule has 1 rings (SSSR count). The van der Waals surface area contributed by atoms with Gasteiger partial charge in [-0.2, -0.15) is 8.42 Å². The van der Waals surface area contributed by atoms with Gasteiger partial charge in [0.1, 0.15) is 12.4 Å². The molecule has 8 heteroatoms. The minimum Gasteiger partial charge on any atom is -0.383 e. The van der Waals surface area contributed by atoms with Crippen molar-refractivity contribution in [3.63, 3.8) is 0 Å². The maximum Gasteiger partial charge on any atom is 0.308 e. The molecule has 0 bridgehead atoms. The Bertz CT molecular complexity index is 602. The lowest BCUT2D eigenvalue weighted by Gasteiger charge is -2.22. The van der Waals surface area contributed by atoms with Gasteiger partial charge in [-0.1, -0.05) is 12.1 Å². The van der Waals surface area contributed by atoms with Crippen LogP contribution in [0.4, 0.5) is 0 Å². The van der Waals surface area contributed by atoms with Crippen LogP contribution >= 0.6 is 0 Å². The highest BCUT2D eigenvalue weighted by atomic mass is 32.2. The van der Waals surface area contributed by atoms with Gasteiger partial charge in [0.15, 0.2) is 0 Å². The monoisotopic (exact) mass is 345 g/mol. The molecule has 0 heterocycles. The number of methoxy groups -OCH3 is 2. The molecule has 1 aromatic carbocycles. The van der Waals surface area contributed by atoms with Crippen LogP contribution in [-0.2, 0) is 30.9 Å². The lowest BCUT2D eigenvalue weighted by atomic mass is 10.2. The van der Waals surface area contributed by atoms with Crippen molar-refractivity contribution in [2.45, 2.75) is 13.5 Å². The molecule has 130 valence electrons. The largest absolute Gasteiger partial charge is 0.383 e. The standard InChI is InChI=1S/C15H23NO6S/c1-4-23(18,19)22-14-7-5-6-13(10-14)11-16(8-9-20-2)15(17)12-21-3/h5-7,10H,4,8-9,11-12H2,1-3H3. The van der Waals surface area contributed by atoms with Crippen molar-refractivity contribution in [3.05, 3.63) is 29.8 Å². The highest BCUT2D eigenvalue weighted by molar-refractivity contribution is 7.87. The fourth-order valence-corrected chi connectivity index (χ4v) is 2.34. The third kappa shape index (κ3) is 6.98. The van der Waals surface area contributed by atoms with Crippen molar-refractivity contribution in [3.8, 4) is 5.75 Å². The molecule has 0 fully saturated rings. The molecule has 1 amide bonds. The molecule has 0 radical (unpaired) electrons. The molecule has 0 saturated carbocycles. The van der Waals surface area contributed by atoms with Crippen molar-refractivity contribution >= 4 is 16.0 Å². The second-order valence-corrected chi connectivity index (χ2v) is 6.68. The van der Waals surface area contributed by atoms with Gasteiger partial charge >= 0.3 is 10.1 Å². The highest BCUT2D eigenvalue weighted by Crippen LogP contribution is 2.17. The Hall–Kier alpha value is -1.64. The van der Waals surface area contributed by atoms with E-state index in [2.05, 4.69) is 0 Å². The normalized spacial score (nSPS) is 11.3.